The number of benzene rings is 4. The highest BCUT2D eigenvalue weighted by Gasteiger charge is 2.52. The average Bonchev–Trinajstić information content (AvgIpc) is 3.10. The van der Waals surface area contributed by atoms with Crippen molar-refractivity contribution in [3.05, 3.63) is 119 Å². The molecule has 0 spiro atoms. The van der Waals surface area contributed by atoms with E-state index in [1.807, 2.05) is 48.5 Å². The molecule has 4 N–H and O–H groups in total. The van der Waals surface area contributed by atoms with Crippen molar-refractivity contribution in [1.29, 1.82) is 0 Å². The molecule has 0 atom stereocenters. The normalized spacial score (nSPS) is 21.5. The fourth-order valence-electron chi connectivity index (χ4n) is 10.3. The molecule has 4 heteroatoms. The number of rotatable bonds is 6. The van der Waals surface area contributed by atoms with Crippen LogP contribution in [-0.4, -0.2) is 20.4 Å². The van der Waals surface area contributed by atoms with E-state index >= 15 is 0 Å². The monoisotopic (exact) mass is 616 g/mol. The third-order valence-corrected chi connectivity index (χ3v) is 12.8. The van der Waals surface area contributed by atoms with Crippen LogP contribution in [0.15, 0.2) is 97.1 Å². The van der Waals surface area contributed by atoms with Gasteiger partial charge >= 0.3 is 0 Å². The lowest BCUT2D eigenvalue weighted by Crippen LogP contribution is -2.47. The van der Waals surface area contributed by atoms with Crippen LogP contribution in [-0.2, 0) is 10.8 Å². The SMILES string of the molecule is Oc1ccc(C2(c3ccc(O)cc3)CCC(C3(C4CCC(c5ccc(O)cc5)(c5ccc(O)cc5)CC4)CCCCC3)CC2)cc1. The van der Waals surface area contributed by atoms with Gasteiger partial charge in [-0.25, -0.2) is 0 Å². The smallest absolute Gasteiger partial charge is 0.115 e. The summed E-state index contributed by atoms with van der Waals surface area (Å²) in [5.74, 6) is 2.57. The van der Waals surface area contributed by atoms with Crippen molar-refractivity contribution in [3.63, 3.8) is 0 Å². The summed E-state index contributed by atoms with van der Waals surface area (Å²) in [5, 5.41) is 40.4. The third kappa shape index (κ3) is 5.44. The summed E-state index contributed by atoms with van der Waals surface area (Å²) in [6, 6.07) is 31.4. The first-order valence-corrected chi connectivity index (χ1v) is 17.5. The van der Waals surface area contributed by atoms with Gasteiger partial charge in [0, 0.05) is 10.8 Å². The topological polar surface area (TPSA) is 80.9 Å². The quantitative estimate of drug-likeness (QED) is 0.174. The second kappa shape index (κ2) is 12.4. The van der Waals surface area contributed by atoms with Crippen molar-refractivity contribution < 1.29 is 20.4 Å². The van der Waals surface area contributed by atoms with E-state index in [0.717, 1.165) is 25.7 Å². The van der Waals surface area contributed by atoms with Gasteiger partial charge in [0.2, 0.25) is 0 Å². The van der Waals surface area contributed by atoms with Gasteiger partial charge in [-0.1, -0.05) is 67.8 Å². The van der Waals surface area contributed by atoms with Crippen LogP contribution in [0.2, 0.25) is 0 Å². The van der Waals surface area contributed by atoms with Gasteiger partial charge in [-0.15, -0.1) is 0 Å². The number of phenolic OH excluding ortho intramolecular Hbond substituents is 4. The van der Waals surface area contributed by atoms with Gasteiger partial charge in [-0.05, 0) is 152 Å². The van der Waals surface area contributed by atoms with E-state index in [9.17, 15) is 20.4 Å². The Morgan fingerprint density at radius 2 is 0.609 bits per heavy atom. The van der Waals surface area contributed by atoms with E-state index < -0.39 is 0 Å². The summed E-state index contributed by atoms with van der Waals surface area (Å²) in [6.07, 6.45) is 15.7. The van der Waals surface area contributed by atoms with E-state index in [-0.39, 0.29) is 10.8 Å². The lowest BCUT2D eigenvalue weighted by molar-refractivity contribution is -0.0262. The molecule has 3 saturated carbocycles. The molecular formula is C42H48O4. The minimum Gasteiger partial charge on any atom is -0.508 e. The molecule has 0 radical (unpaired) electrons. The van der Waals surface area contributed by atoms with Crippen molar-refractivity contribution in [2.75, 3.05) is 0 Å². The number of hydrogen-bond donors (Lipinski definition) is 4. The van der Waals surface area contributed by atoms with Crippen LogP contribution in [0.4, 0.5) is 0 Å². The van der Waals surface area contributed by atoms with Gasteiger partial charge in [0.25, 0.3) is 0 Å². The molecule has 240 valence electrons. The molecule has 3 fully saturated rings. The number of hydrogen-bond acceptors (Lipinski definition) is 4. The molecule has 4 aromatic carbocycles. The van der Waals surface area contributed by atoms with Crippen LogP contribution in [0.3, 0.4) is 0 Å². The lowest BCUT2D eigenvalue weighted by Gasteiger charge is -2.56. The summed E-state index contributed by atoms with van der Waals surface area (Å²) in [6.45, 7) is 0. The Hall–Kier alpha value is -3.92. The lowest BCUT2D eigenvalue weighted by atomic mass is 9.49. The molecule has 3 aliphatic carbocycles. The first kappa shape index (κ1) is 30.7. The Morgan fingerprint density at radius 3 is 0.870 bits per heavy atom. The van der Waals surface area contributed by atoms with Crippen molar-refractivity contribution in [2.45, 2.75) is 94.3 Å². The Kier molecular flexibility index (Phi) is 8.25. The first-order valence-electron chi connectivity index (χ1n) is 17.5. The molecule has 0 unspecified atom stereocenters. The number of phenols is 4. The molecule has 0 amide bonds. The van der Waals surface area contributed by atoms with E-state index in [2.05, 4.69) is 48.5 Å². The van der Waals surface area contributed by atoms with Gasteiger partial charge in [0.1, 0.15) is 23.0 Å². The Labute approximate surface area is 273 Å². The van der Waals surface area contributed by atoms with Gasteiger partial charge < -0.3 is 20.4 Å². The molecular weight excluding hydrogens is 568 g/mol. The van der Waals surface area contributed by atoms with Crippen LogP contribution < -0.4 is 0 Å². The van der Waals surface area contributed by atoms with Crippen molar-refractivity contribution >= 4 is 0 Å². The molecule has 0 aliphatic heterocycles. The predicted octanol–water partition coefficient (Wildman–Crippen LogP) is 10.1. The summed E-state index contributed by atoms with van der Waals surface area (Å²) < 4.78 is 0. The van der Waals surface area contributed by atoms with Gasteiger partial charge in [0.15, 0.2) is 0 Å². The summed E-state index contributed by atoms with van der Waals surface area (Å²) in [4.78, 5) is 0. The van der Waals surface area contributed by atoms with Crippen molar-refractivity contribution in [3.8, 4) is 23.0 Å². The maximum Gasteiger partial charge on any atom is 0.115 e. The minimum absolute atomic E-state index is 0.118. The molecule has 0 aromatic heterocycles. The maximum absolute atomic E-state index is 10.1. The molecule has 3 aliphatic rings. The highest BCUT2D eigenvalue weighted by molar-refractivity contribution is 5.45. The molecule has 4 aromatic rings. The molecule has 7 rings (SSSR count). The standard InChI is InChI=1S/C42H48O4/c43-36-12-4-30(5-13-36)41(31-6-14-37(44)15-7-31)26-20-34(21-27-41)40(24-2-1-3-25-40)35-22-28-42(29-23-35,32-8-16-38(45)17-9-32)33-10-18-39(46)19-11-33/h4-19,34-35,43-46H,1-3,20-29H2. The highest BCUT2D eigenvalue weighted by atomic mass is 16.3. The fourth-order valence-corrected chi connectivity index (χ4v) is 10.3. The Bertz CT molecular complexity index is 1370. The largest absolute Gasteiger partial charge is 0.508 e. The molecule has 0 saturated heterocycles. The van der Waals surface area contributed by atoms with E-state index in [1.54, 1.807) is 0 Å². The second-order valence-corrected chi connectivity index (χ2v) is 14.7. The fraction of sp³-hybridized carbons (Fsp3) is 0.429. The van der Waals surface area contributed by atoms with Gasteiger partial charge in [-0.2, -0.15) is 0 Å². The summed E-state index contributed by atoms with van der Waals surface area (Å²) in [5.41, 5.74) is 5.18. The second-order valence-electron chi connectivity index (χ2n) is 14.7. The van der Waals surface area contributed by atoms with Crippen LogP contribution in [0.1, 0.15) is 106 Å². The Morgan fingerprint density at radius 1 is 0.348 bits per heavy atom. The minimum atomic E-state index is -0.118. The summed E-state index contributed by atoms with van der Waals surface area (Å²) in [7, 11) is 0. The molecule has 0 bridgehead atoms. The van der Waals surface area contributed by atoms with Crippen molar-refractivity contribution in [2.24, 2.45) is 17.3 Å². The average molecular weight is 617 g/mol. The zero-order chi connectivity index (χ0) is 31.8. The van der Waals surface area contributed by atoms with Crippen LogP contribution in [0, 0.1) is 17.3 Å². The van der Waals surface area contributed by atoms with Crippen LogP contribution >= 0.6 is 0 Å². The van der Waals surface area contributed by atoms with E-state index in [1.165, 1.54) is 80.0 Å². The number of aromatic hydroxyl groups is 4. The molecule has 46 heavy (non-hydrogen) atoms. The van der Waals surface area contributed by atoms with E-state index in [4.69, 9.17) is 0 Å². The molecule has 0 heterocycles. The maximum atomic E-state index is 10.1. The van der Waals surface area contributed by atoms with Gasteiger partial charge in [0.05, 0.1) is 0 Å². The molecule has 4 nitrogen and oxygen atoms in total. The summed E-state index contributed by atoms with van der Waals surface area (Å²) >= 11 is 0. The van der Waals surface area contributed by atoms with Gasteiger partial charge in [-0.3, -0.25) is 0 Å². The highest BCUT2D eigenvalue weighted by Crippen LogP contribution is 2.61. The van der Waals surface area contributed by atoms with Crippen LogP contribution in [0.25, 0.3) is 0 Å². The van der Waals surface area contributed by atoms with Crippen molar-refractivity contribution in [1.82, 2.24) is 0 Å². The predicted molar refractivity (Wildman–Crippen MR) is 183 cm³/mol. The zero-order valence-corrected chi connectivity index (χ0v) is 26.9. The van der Waals surface area contributed by atoms with E-state index in [0.29, 0.717) is 40.2 Å². The first-order chi connectivity index (χ1) is 22.3. The Balaban J connectivity index is 1.17. The zero-order valence-electron chi connectivity index (χ0n) is 26.9. The van der Waals surface area contributed by atoms with Crippen LogP contribution in [0.5, 0.6) is 23.0 Å². The third-order valence-electron chi connectivity index (χ3n) is 12.8.